The van der Waals surface area contributed by atoms with Gasteiger partial charge in [-0.25, -0.2) is 0 Å². The van der Waals surface area contributed by atoms with E-state index in [1.165, 1.54) is 0 Å². The molecule has 0 aromatic heterocycles. The van der Waals surface area contributed by atoms with E-state index in [1.54, 1.807) is 0 Å². The highest BCUT2D eigenvalue weighted by Gasteiger charge is 2.09. The van der Waals surface area contributed by atoms with Crippen molar-refractivity contribution in [1.29, 1.82) is 0 Å². The van der Waals surface area contributed by atoms with E-state index in [4.69, 9.17) is 0 Å². The Kier molecular flexibility index (Phi) is 3.70. The first-order chi connectivity index (χ1) is 4.62. The molecule has 1 heteroatoms. The van der Waals surface area contributed by atoms with Crippen molar-refractivity contribution in [2.24, 2.45) is 5.41 Å². The molecule has 0 atom stereocenters. The third kappa shape index (κ3) is 4.07. The smallest absolute Gasteiger partial charge is 0.129 e. The van der Waals surface area contributed by atoms with Crippen molar-refractivity contribution < 1.29 is 4.79 Å². The molecule has 0 N–H and O–H groups in total. The first kappa shape index (κ1) is 9.15. The first-order valence-electron chi connectivity index (χ1n) is 3.39. The predicted molar refractivity (Wildman–Crippen MR) is 43.8 cm³/mol. The Bertz CT molecular complexity index is 152. The normalized spacial score (nSPS) is 13.1. The van der Waals surface area contributed by atoms with Gasteiger partial charge in [-0.2, -0.15) is 0 Å². The number of carbonyl (C=O) groups is 1. The zero-order valence-electron chi connectivity index (χ0n) is 6.79. The Hall–Kier alpha value is -0.850. The third-order valence-electron chi connectivity index (χ3n) is 1.13. The van der Waals surface area contributed by atoms with Gasteiger partial charge in [0.2, 0.25) is 0 Å². The second kappa shape index (κ2) is 4.04. The van der Waals surface area contributed by atoms with Crippen LogP contribution in [0, 0.1) is 5.41 Å². The van der Waals surface area contributed by atoms with Crippen LogP contribution in [-0.2, 0) is 4.79 Å². The van der Waals surface area contributed by atoms with Crippen molar-refractivity contribution in [2.75, 3.05) is 0 Å². The van der Waals surface area contributed by atoms with Gasteiger partial charge in [-0.1, -0.05) is 24.3 Å². The molecule has 0 spiro atoms. The van der Waals surface area contributed by atoms with Crippen molar-refractivity contribution in [3.8, 4) is 0 Å². The number of hydrogen-bond acceptors (Lipinski definition) is 1. The van der Waals surface area contributed by atoms with Crippen LogP contribution in [0.15, 0.2) is 24.3 Å². The van der Waals surface area contributed by atoms with Crippen LogP contribution in [0.3, 0.4) is 0 Å². The topological polar surface area (TPSA) is 17.1 Å². The third-order valence-corrected chi connectivity index (χ3v) is 1.13. The fraction of sp³-hybridized carbons (Fsp3) is 0.444. The van der Waals surface area contributed by atoms with Gasteiger partial charge in [-0.15, -0.1) is 0 Å². The molecule has 0 amide bonds. The van der Waals surface area contributed by atoms with Crippen molar-refractivity contribution >= 4 is 6.29 Å². The summed E-state index contributed by atoms with van der Waals surface area (Å²) in [5, 5.41) is 0. The molecule has 0 aliphatic rings. The van der Waals surface area contributed by atoms with Crippen molar-refractivity contribution in [3.63, 3.8) is 0 Å². The second-order valence-corrected chi connectivity index (χ2v) is 2.82. The van der Waals surface area contributed by atoms with E-state index < -0.39 is 0 Å². The average molecular weight is 138 g/mol. The molecular weight excluding hydrogens is 124 g/mol. The Morgan fingerprint density at radius 3 is 2.20 bits per heavy atom. The van der Waals surface area contributed by atoms with E-state index >= 15 is 0 Å². The Morgan fingerprint density at radius 1 is 1.20 bits per heavy atom. The maximum absolute atomic E-state index is 10.3. The highest BCUT2D eigenvalue weighted by Crippen LogP contribution is 2.11. The van der Waals surface area contributed by atoms with Crippen molar-refractivity contribution in [1.82, 2.24) is 0 Å². The summed E-state index contributed by atoms with van der Waals surface area (Å²) in [6.07, 6.45) is 8.53. The van der Waals surface area contributed by atoms with Crippen molar-refractivity contribution in [2.45, 2.75) is 20.8 Å². The van der Waals surface area contributed by atoms with E-state index in [2.05, 4.69) is 0 Å². The van der Waals surface area contributed by atoms with Crippen LogP contribution in [0.25, 0.3) is 0 Å². The van der Waals surface area contributed by atoms with Gasteiger partial charge in [-0.3, -0.25) is 0 Å². The molecule has 0 aromatic rings. The monoisotopic (exact) mass is 138 g/mol. The molecule has 0 unspecified atom stereocenters. The van der Waals surface area contributed by atoms with Gasteiger partial charge in [0, 0.05) is 5.41 Å². The summed E-state index contributed by atoms with van der Waals surface area (Å²) in [5.41, 5.74) is -0.320. The molecule has 56 valence electrons. The molecule has 0 heterocycles. The number of aldehydes is 1. The standard InChI is InChI=1S/C9H14O/c1-4-5-6-7-9(2,3)8-10/h4-8H,1-3H3/b5-4-,7-6-. The van der Waals surface area contributed by atoms with E-state index in [-0.39, 0.29) is 5.41 Å². The quantitative estimate of drug-likeness (QED) is 0.432. The molecule has 0 radical (unpaired) electrons. The molecule has 0 saturated carbocycles. The SMILES string of the molecule is C/C=C\C=C/C(C)(C)C=O. The van der Waals surface area contributed by atoms with Crippen LogP contribution < -0.4 is 0 Å². The average Bonchev–Trinajstić information content (AvgIpc) is 1.89. The molecular formula is C9H14O. The van der Waals surface area contributed by atoms with E-state index in [0.29, 0.717) is 0 Å². The fourth-order valence-corrected chi connectivity index (χ4v) is 0.454. The largest absolute Gasteiger partial charge is 0.302 e. The van der Waals surface area contributed by atoms with Gasteiger partial charge < -0.3 is 4.79 Å². The van der Waals surface area contributed by atoms with Gasteiger partial charge in [-0.05, 0) is 20.8 Å². The maximum Gasteiger partial charge on any atom is 0.129 e. The van der Waals surface area contributed by atoms with E-state index in [9.17, 15) is 4.79 Å². The Balaban J connectivity index is 3.98. The van der Waals surface area contributed by atoms with E-state index in [0.717, 1.165) is 6.29 Å². The minimum atomic E-state index is -0.320. The summed E-state index contributed by atoms with van der Waals surface area (Å²) in [4.78, 5) is 10.3. The molecule has 0 fully saturated rings. The molecule has 0 aliphatic carbocycles. The summed E-state index contributed by atoms with van der Waals surface area (Å²) >= 11 is 0. The zero-order chi connectivity index (χ0) is 8.04. The minimum absolute atomic E-state index is 0.320. The zero-order valence-corrected chi connectivity index (χ0v) is 6.79. The van der Waals surface area contributed by atoms with E-state index in [1.807, 2.05) is 45.1 Å². The summed E-state index contributed by atoms with van der Waals surface area (Å²) < 4.78 is 0. The van der Waals surface area contributed by atoms with Gasteiger partial charge in [0.1, 0.15) is 6.29 Å². The fourth-order valence-electron chi connectivity index (χ4n) is 0.454. The lowest BCUT2D eigenvalue weighted by Gasteiger charge is -2.07. The predicted octanol–water partition coefficient (Wildman–Crippen LogP) is 2.34. The van der Waals surface area contributed by atoms with Gasteiger partial charge in [0.15, 0.2) is 0 Å². The van der Waals surface area contributed by atoms with Crippen molar-refractivity contribution in [3.05, 3.63) is 24.3 Å². The molecule has 0 rings (SSSR count). The van der Waals surface area contributed by atoms with Crippen LogP contribution in [0.5, 0.6) is 0 Å². The molecule has 10 heavy (non-hydrogen) atoms. The van der Waals surface area contributed by atoms with Crippen LogP contribution in [0.1, 0.15) is 20.8 Å². The van der Waals surface area contributed by atoms with Gasteiger partial charge in [0.05, 0.1) is 0 Å². The summed E-state index contributed by atoms with van der Waals surface area (Å²) in [7, 11) is 0. The van der Waals surface area contributed by atoms with Crippen LogP contribution in [0.4, 0.5) is 0 Å². The lowest BCUT2D eigenvalue weighted by Crippen LogP contribution is -2.07. The molecule has 0 bridgehead atoms. The van der Waals surface area contributed by atoms with Crippen LogP contribution in [0.2, 0.25) is 0 Å². The molecule has 0 aliphatic heterocycles. The summed E-state index contributed by atoms with van der Waals surface area (Å²) in [6, 6.07) is 0. The number of hydrogen-bond donors (Lipinski definition) is 0. The highest BCUT2D eigenvalue weighted by atomic mass is 16.1. The highest BCUT2D eigenvalue weighted by molar-refractivity contribution is 5.61. The summed E-state index contributed by atoms with van der Waals surface area (Å²) in [5.74, 6) is 0. The lowest BCUT2D eigenvalue weighted by molar-refractivity contribution is -0.112. The lowest BCUT2D eigenvalue weighted by atomic mass is 9.95. The van der Waals surface area contributed by atoms with Gasteiger partial charge >= 0.3 is 0 Å². The number of allylic oxidation sites excluding steroid dienone is 4. The molecule has 0 aromatic carbocycles. The number of carbonyl (C=O) groups excluding carboxylic acids is 1. The van der Waals surface area contributed by atoms with Gasteiger partial charge in [0.25, 0.3) is 0 Å². The van der Waals surface area contributed by atoms with Crippen LogP contribution >= 0.6 is 0 Å². The maximum atomic E-state index is 10.3. The number of rotatable bonds is 3. The molecule has 0 saturated heterocycles. The van der Waals surface area contributed by atoms with Crippen LogP contribution in [-0.4, -0.2) is 6.29 Å². The Labute approximate surface area is 62.4 Å². The molecule has 1 nitrogen and oxygen atoms in total. The second-order valence-electron chi connectivity index (χ2n) is 2.82. The first-order valence-corrected chi connectivity index (χ1v) is 3.39. The minimum Gasteiger partial charge on any atom is -0.302 e. The Morgan fingerprint density at radius 2 is 1.80 bits per heavy atom. The summed E-state index contributed by atoms with van der Waals surface area (Å²) in [6.45, 7) is 5.69.